The van der Waals surface area contributed by atoms with Gasteiger partial charge in [0.05, 0.1) is 11.7 Å². The van der Waals surface area contributed by atoms with Gasteiger partial charge < -0.3 is 15.8 Å². The third-order valence-electron chi connectivity index (χ3n) is 3.67. The first-order valence-electron chi connectivity index (χ1n) is 6.40. The third kappa shape index (κ3) is 3.18. The number of nitrogens with two attached hydrogens (primary N) is 1. The summed E-state index contributed by atoms with van der Waals surface area (Å²) in [5.41, 5.74) is 5.41. The van der Waals surface area contributed by atoms with Crippen LogP contribution in [0.4, 0.5) is 0 Å². The SMILES string of the molecule is CC1(C)CCC(CN2CCNCC2C(N)=O)O1. The van der Waals surface area contributed by atoms with Crippen molar-refractivity contribution in [2.45, 2.75) is 44.4 Å². The molecule has 5 nitrogen and oxygen atoms in total. The van der Waals surface area contributed by atoms with Crippen molar-refractivity contribution in [3.05, 3.63) is 0 Å². The van der Waals surface area contributed by atoms with Crippen LogP contribution in [-0.2, 0) is 9.53 Å². The average Bonchev–Trinajstić information content (AvgIpc) is 2.58. The van der Waals surface area contributed by atoms with Crippen LogP contribution in [-0.4, -0.2) is 54.7 Å². The molecule has 1 amide bonds. The minimum Gasteiger partial charge on any atom is -0.371 e. The molecule has 2 fully saturated rings. The van der Waals surface area contributed by atoms with Crippen LogP contribution in [0.3, 0.4) is 0 Å². The number of nitrogens with one attached hydrogen (secondary N) is 1. The molecule has 2 unspecified atom stereocenters. The molecule has 2 aliphatic heterocycles. The lowest BCUT2D eigenvalue weighted by Gasteiger charge is -2.35. The van der Waals surface area contributed by atoms with Crippen molar-refractivity contribution in [3.8, 4) is 0 Å². The summed E-state index contributed by atoms with van der Waals surface area (Å²) in [5, 5.41) is 3.20. The molecule has 0 aromatic carbocycles. The van der Waals surface area contributed by atoms with E-state index in [4.69, 9.17) is 10.5 Å². The molecule has 0 aromatic rings. The van der Waals surface area contributed by atoms with E-state index in [1.54, 1.807) is 0 Å². The van der Waals surface area contributed by atoms with Crippen LogP contribution >= 0.6 is 0 Å². The summed E-state index contributed by atoms with van der Waals surface area (Å²) in [7, 11) is 0. The van der Waals surface area contributed by atoms with Gasteiger partial charge in [-0.05, 0) is 26.7 Å². The van der Waals surface area contributed by atoms with Crippen LogP contribution in [0.5, 0.6) is 0 Å². The summed E-state index contributed by atoms with van der Waals surface area (Å²) >= 11 is 0. The highest BCUT2D eigenvalue weighted by Crippen LogP contribution is 2.30. The quantitative estimate of drug-likeness (QED) is 0.712. The van der Waals surface area contributed by atoms with E-state index in [2.05, 4.69) is 24.1 Å². The third-order valence-corrected chi connectivity index (χ3v) is 3.67. The molecule has 0 bridgehead atoms. The number of piperazine rings is 1. The number of carbonyl (C=O) groups is 1. The number of hydrogen-bond donors (Lipinski definition) is 2. The molecule has 0 aromatic heterocycles. The van der Waals surface area contributed by atoms with Gasteiger partial charge in [0.1, 0.15) is 6.04 Å². The highest BCUT2D eigenvalue weighted by Gasteiger charge is 2.35. The van der Waals surface area contributed by atoms with Gasteiger partial charge in [-0.15, -0.1) is 0 Å². The number of carbonyl (C=O) groups excluding carboxylic acids is 1. The zero-order valence-corrected chi connectivity index (χ0v) is 10.7. The van der Waals surface area contributed by atoms with Crippen LogP contribution in [0.2, 0.25) is 0 Å². The molecular weight excluding hydrogens is 218 g/mol. The first-order valence-corrected chi connectivity index (χ1v) is 6.40. The minimum atomic E-state index is -0.241. The van der Waals surface area contributed by atoms with Gasteiger partial charge in [-0.2, -0.15) is 0 Å². The first-order chi connectivity index (χ1) is 7.98. The first kappa shape index (κ1) is 12.8. The Labute approximate surface area is 103 Å². The number of primary amides is 1. The summed E-state index contributed by atoms with van der Waals surface area (Å²) in [4.78, 5) is 13.5. The highest BCUT2D eigenvalue weighted by atomic mass is 16.5. The lowest BCUT2D eigenvalue weighted by Crippen LogP contribution is -2.58. The van der Waals surface area contributed by atoms with Gasteiger partial charge in [-0.1, -0.05) is 0 Å². The van der Waals surface area contributed by atoms with Gasteiger partial charge >= 0.3 is 0 Å². The molecule has 17 heavy (non-hydrogen) atoms. The molecule has 2 heterocycles. The number of amides is 1. The fourth-order valence-corrected chi connectivity index (χ4v) is 2.71. The molecule has 0 radical (unpaired) electrons. The van der Waals surface area contributed by atoms with Gasteiger partial charge in [0.25, 0.3) is 0 Å². The Bertz CT molecular complexity index is 293. The van der Waals surface area contributed by atoms with Gasteiger partial charge in [0, 0.05) is 26.2 Å². The summed E-state index contributed by atoms with van der Waals surface area (Å²) in [5.74, 6) is -0.241. The number of rotatable bonds is 3. The molecule has 2 saturated heterocycles. The lowest BCUT2D eigenvalue weighted by atomic mass is 10.0. The molecule has 3 N–H and O–H groups in total. The number of nitrogens with zero attached hydrogens (tertiary/aromatic N) is 1. The van der Waals surface area contributed by atoms with Gasteiger partial charge in [0.15, 0.2) is 0 Å². The topological polar surface area (TPSA) is 67.6 Å². The second-order valence-corrected chi connectivity index (χ2v) is 5.66. The lowest BCUT2D eigenvalue weighted by molar-refractivity contribution is -0.124. The van der Waals surface area contributed by atoms with E-state index in [0.717, 1.165) is 32.5 Å². The fourth-order valence-electron chi connectivity index (χ4n) is 2.71. The summed E-state index contributed by atoms with van der Waals surface area (Å²) in [6, 6.07) is -0.184. The molecule has 98 valence electrons. The number of ether oxygens (including phenoxy) is 1. The van der Waals surface area contributed by atoms with Gasteiger partial charge in [0.2, 0.25) is 5.91 Å². The molecule has 2 atom stereocenters. The Hall–Kier alpha value is -0.650. The number of hydrogen-bond acceptors (Lipinski definition) is 4. The van der Waals surface area contributed by atoms with Crippen LogP contribution < -0.4 is 11.1 Å². The molecule has 0 spiro atoms. The Balaban J connectivity index is 1.90. The van der Waals surface area contributed by atoms with Crippen LogP contribution in [0.15, 0.2) is 0 Å². The molecule has 2 rings (SSSR count). The second-order valence-electron chi connectivity index (χ2n) is 5.66. The normalized spacial score (nSPS) is 33.8. The Morgan fingerprint density at radius 3 is 2.94 bits per heavy atom. The Kier molecular flexibility index (Phi) is 3.70. The van der Waals surface area contributed by atoms with Crippen molar-refractivity contribution in [1.29, 1.82) is 0 Å². The van der Waals surface area contributed by atoms with Crippen molar-refractivity contribution in [2.24, 2.45) is 5.73 Å². The predicted octanol–water partition coefficient (Wildman–Crippen LogP) is -0.297. The van der Waals surface area contributed by atoms with Gasteiger partial charge in [-0.25, -0.2) is 0 Å². The Morgan fingerprint density at radius 2 is 2.35 bits per heavy atom. The maximum absolute atomic E-state index is 11.4. The average molecular weight is 241 g/mol. The highest BCUT2D eigenvalue weighted by molar-refractivity contribution is 5.80. The van der Waals surface area contributed by atoms with Gasteiger partial charge in [-0.3, -0.25) is 9.69 Å². The van der Waals surface area contributed by atoms with Crippen molar-refractivity contribution in [3.63, 3.8) is 0 Å². The summed E-state index contributed by atoms with van der Waals surface area (Å²) in [6.45, 7) is 7.50. The molecular formula is C12H23N3O2. The maximum atomic E-state index is 11.4. The van der Waals surface area contributed by atoms with Crippen molar-refractivity contribution in [1.82, 2.24) is 10.2 Å². The zero-order chi connectivity index (χ0) is 12.5. The van der Waals surface area contributed by atoms with Crippen LogP contribution in [0, 0.1) is 0 Å². The van der Waals surface area contributed by atoms with E-state index in [9.17, 15) is 4.79 Å². The smallest absolute Gasteiger partial charge is 0.236 e. The monoisotopic (exact) mass is 241 g/mol. The standard InChI is InChI=1S/C12H23N3O2/c1-12(2)4-3-9(17-12)8-15-6-5-14-7-10(15)11(13)16/h9-10,14H,3-8H2,1-2H3,(H2,13,16). The molecule has 0 aliphatic carbocycles. The van der Waals surface area contributed by atoms with E-state index in [1.165, 1.54) is 0 Å². The molecule has 0 saturated carbocycles. The van der Waals surface area contributed by atoms with E-state index < -0.39 is 0 Å². The minimum absolute atomic E-state index is 0.0130. The molecule has 5 heteroatoms. The largest absolute Gasteiger partial charge is 0.371 e. The van der Waals surface area contributed by atoms with Crippen molar-refractivity contribution in [2.75, 3.05) is 26.2 Å². The maximum Gasteiger partial charge on any atom is 0.236 e. The van der Waals surface area contributed by atoms with E-state index >= 15 is 0 Å². The molecule has 2 aliphatic rings. The van der Waals surface area contributed by atoms with Crippen molar-refractivity contribution >= 4 is 5.91 Å². The second kappa shape index (κ2) is 4.92. The fraction of sp³-hybridized carbons (Fsp3) is 0.917. The zero-order valence-electron chi connectivity index (χ0n) is 10.7. The van der Waals surface area contributed by atoms with Crippen LogP contribution in [0.1, 0.15) is 26.7 Å². The van der Waals surface area contributed by atoms with Crippen molar-refractivity contribution < 1.29 is 9.53 Å². The van der Waals surface area contributed by atoms with Crippen LogP contribution in [0.25, 0.3) is 0 Å². The van der Waals surface area contributed by atoms with E-state index in [0.29, 0.717) is 6.54 Å². The predicted molar refractivity (Wildman–Crippen MR) is 65.6 cm³/mol. The van der Waals surface area contributed by atoms with E-state index in [1.807, 2.05) is 0 Å². The summed E-state index contributed by atoms with van der Waals surface area (Å²) < 4.78 is 5.97. The van der Waals surface area contributed by atoms with E-state index in [-0.39, 0.29) is 23.7 Å². The Morgan fingerprint density at radius 1 is 1.59 bits per heavy atom. The summed E-state index contributed by atoms with van der Waals surface area (Å²) in [6.07, 6.45) is 2.40.